The van der Waals surface area contributed by atoms with Gasteiger partial charge in [0.25, 0.3) is 0 Å². The van der Waals surface area contributed by atoms with Gasteiger partial charge in [0.15, 0.2) is 0 Å². The van der Waals surface area contributed by atoms with Crippen LogP contribution < -0.4 is 0 Å². The standard InChI is InChI=1S/C12H18N4/c1-5-7-9-8(3)13-14-11-10(6-2)15-16(4)12(9)11/h5-7H2,1-4H3. The lowest BCUT2D eigenvalue weighted by molar-refractivity contribution is 0.762. The minimum absolute atomic E-state index is 0.903. The molecule has 0 N–H and O–H groups in total. The molecule has 16 heavy (non-hydrogen) atoms. The van der Waals surface area contributed by atoms with Gasteiger partial charge in [-0.25, -0.2) is 0 Å². The van der Waals surface area contributed by atoms with E-state index in [2.05, 4.69) is 29.1 Å². The maximum Gasteiger partial charge on any atom is 0.134 e. The molecular formula is C12H18N4. The SMILES string of the molecule is CCCc1c(C)nnc2c(CC)nn(C)c12. The summed E-state index contributed by atoms with van der Waals surface area (Å²) in [5.41, 5.74) is 5.50. The highest BCUT2D eigenvalue weighted by Crippen LogP contribution is 2.22. The van der Waals surface area contributed by atoms with Gasteiger partial charge in [-0.2, -0.15) is 10.2 Å². The molecule has 2 aromatic heterocycles. The molecule has 0 aliphatic heterocycles. The van der Waals surface area contributed by atoms with Crippen molar-refractivity contribution in [3.63, 3.8) is 0 Å². The van der Waals surface area contributed by atoms with Gasteiger partial charge in [0.05, 0.1) is 16.9 Å². The van der Waals surface area contributed by atoms with Crippen LogP contribution in [0, 0.1) is 6.92 Å². The summed E-state index contributed by atoms with van der Waals surface area (Å²) in [6, 6.07) is 0. The van der Waals surface area contributed by atoms with Crippen LogP contribution in [-0.2, 0) is 19.9 Å². The van der Waals surface area contributed by atoms with Crippen molar-refractivity contribution < 1.29 is 0 Å². The highest BCUT2D eigenvalue weighted by atomic mass is 15.3. The third-order valence-corrected chi connectivity index (χ3v) is 2.95. The second kappa shape index (κ2) is 4.20. The number of aromatic nitrogens is 4. The van der Waals surface area contributed by atoms with E-state index < -0.39 is 0 Å². The van der Waals surface area contributed by atoms with Crippen LogP contribution in [0.5, 0.6) is 0 Å². The molecule has 0 fully saturated rings. The van der Waals surface area contributed by atoms with Crippen LogP contribution in [0.4, 0.5) is 0 Å². The first-order valence-electron chi connectivity index (χ1n) is 5.86. The second-order valence-electron chi connectivity index (χ2n) is 4.14. The molecular weight excluding hydrogens is 200 g/mol. The Morgan fingerprint density at radius 3 is 2.56 bits per heavy atom. The number of aryl methyl sites for hydroxylation is 4. The lowest BCUT2D eigenvalue weighted by Crippen LogP contribution is -2.00. The van der Waals surface area contributed by atoms with Crippen molar-refractivity contribution in [2.75, 3.05) is 0 Å². The zero-order valence-corrected chi connectivity index (χ0v) is 10.4. The maximum atomic E-state index is 4.51. The molecule has 0 aliphatic carbocycles. The maximum absolute atomic E-state index is 4.51. The Labute approximate surface area is 95.7 Å². The van der Waals surface area contributed by atoms with Gasteiger partial charge < -0.3 is 0 Å². The van der Waals surface area contributed by atoms with E-state index in [0.29, 0.717) is 0 Å². The molecule has 0 atom stereocenters. The van der Waals surface area contributed by atoms with Gasteiger partial charge >= 0.3 is 0 Å². The van der Waals surface area contributed by atoms with Crippen molar-refractivity contribution in [2.24, 2.45) is 7.05 Å². The summed E-state index contributed by atoms with van der Waals surface area (Å²) in [7, 11) is 1.99. The van der Waals surface area contributed by atoms with E-state index in [9.17, 15) is 0 Å². The van der Waals surface area contributed by atoms with Crippen LogP contribution >= 0.6 is 0 Å². The Kier molecular flexibility index (Phi) is 2.90. The molecule has 0 spiro atoms. The van der Waals surface area contributed by atoms with Gasteiger partial charge in [0, 0.05) is 12.6 Å². The van der Waals surface area contributed by atoms with Crippen molar-refractivity contribution in [3.8, 4) is 0 Å². The third kappa shape index (κ3) is 1.58. The molecule has 0 radical (unpaired) electrons. The van der Waals surface area contributed by atoms with Crippen LogP contribution in [0.25, 0.3) is 11.0 Å². The summed E-state index contributed by atoms with van der Waals surface area (Å²) in [5, 5.41) is 13.0. The molecule has 2 heterocycles. The predicted octanol–water partition coefficient (Wildman–Crippen LogP) is 2.19. The summed E-state index contributed by atoms with van der Waals surface area (Å²) < 4.78 is 1.95. The molecule has 0 saturated heterocycles. The van der Waals surface area contributed by atoms with Gasteiger partial charge in [-0.1, -0.05) is 20.3 Å². The summed E-state index contributed by atoms with van der Waals surface area (Å²) >= 11 is 0. The van der Waals surface area contributed by atoms with Crippen LogP contribution in [0.3, 0.4) is 0 Å². The number of rotatable bonds is 3. The fourth-order valence-electron chi connectivity index (χ4n) is 2.16. The Morgan fingerprint density at radius 2 is 1.94 bits per heavy atom. The van der Waals surface area contributed by atoms with Gasteiger partial charge in [-0.15, -0.1) is 5.10 Å². The minimum atomic E-state index is 0.903. The molecule has 0 saturated carbocycles. The monoisotopic (exact) mass is 218 g/mol. The molecule has 0 aliphatic rings. The molecule has 86 valence electrons. The molecule has 2 aromatic rings. The molecule has 0 aromatic carbocycles. The van der Waals surface area contributed by atoms with E-state index in [4.69, 9.17) is 0 Å². The van der Waals surface area contributed by atoms with E-state index >= 15 is 0 Å². The first-order chi connectivity index (χ1) is 7.69. The molecule has 0 unspecified atom stereocenters. The fourth-order valence-corrected chi connectivity index (χ4v) is 2.16. The zero-order valence-electron chi connectivity index (χ0n) is 10.4. The number of nitrogens with zero attached hydrogens (tertiary/aromatic N) is 4. The average Bonchev–Trinajstić information content (AvgIpc) is 2.60. The topological polar surface area (TPSA) is 43.6 Å². The fraction of sp³-hybridized carbons (Fsp3) is 0.583. The van der Waals surface area contributed by atoms with E-state index in [1.54, 1.807) is 0 Å². The van der Waals surface area contributed by atoms with Gasteiger partial charge in [-0.05, 0) is 19.8 Å². The highest BCUT2D eigenvalue weighted by Gasteiger charge is 2.14. The summed E-state index contributed by atoms with van der Waals surface area (Å²) in [6.45, 7) is 6.31. The molecule has 2 rings (SSSR count). The van der Waals surface area contributed by atoms with Gasteiger partial charge in [-0.3, -0.25) is 4.68 Å². The highest BCUT2D eigenvalue weighted by molar-refractivity contribution is 5.81. The van der Waals surface area contributed by atoms with E-state index in [1.807, 2.05) is 18.7 Å². The quantitative estimate of drug-likeness (QED) is 0.793. The zero-order chi connectivity index (χ0) is 11.7. The molecule has 0 amide bonds. The van der Waals surface area contributed by atoms with E-state index in [1.165, 1.54) is 5.56 Å². The lowest BCUT2D eigenvalue weighted by Gasteiger charge is -2.05. The number of fused-ring (bicyclic) bond motifs is 1. The number of hydrogen-bond donors (Lipinski definition) is 0. The van der Waals surface area contributed by atoms with Gasteiger partial charge in [0.2, 0.25) is 0 Å². The van der Waals surface area contributed by atoms with Crippen LogP contribution in [0.2, 0.25) is 0 Å². The van der Waals surface area contributed by atoms with E-state index in [-0.39, 0.29) is 0 Å². The van der Waals surface area contributed by atoms with E-state index in [0.717, 1.165) is 41.7 Å². The summed E-state index contributed by atoms with van der Waals surface area (Å²) in [5.74, 6) is 0. The van der Waals surface area contributed by atoms with Crippen LogP contribution in [0.15, 0.2) is 0 Å². The van der Waals surface area contributed by atoms with Crippen LogP contribution in [0.1, 0.15) is 37.2 Å². The van der Waals surface area contributed by atoms with Crippen molar-refractivity contribution in [3.05, 3.63) is 17.0 Å². The molecule has 4 heteroatoms. The normalized spacial score (nSPS) is 11.2. The van der Waals surface area contributed by atoms with Crippen molar-refractivity contribution in [1.82, 2.24) is 20.0 Å². The average molecular weight is 218 g/mol. The van der Waals surface area contributed by atoms with Crippen molar-refractivity contribution >= 4 is 11.0 Å². The summed E-state index contributed by atoms with van der Waals surface area (Å²) in [4.78, 5) is 0. The molecule has 4 nitrogen and oxygen atoms in total. The predicted molar refractivity (Wildman–Crippen MR) is 64.4 cm³/mol. The first-order valence-corrected chi connectivity index (χ1v) is 5.86. The molecule has 0 bridgehead atoms. The van der Waals surface area contributed by atoms with Crippen molar-refractivity contribution in [1.29, 1.82) is 0 Å². The smallest absolute Gasteiger partial charge is 0.134 e. The van der Waals surface area contributed by atoms with Crippen LogP contribution in [-0.4, -0.2) is 20.0 Å². The Bertz CT molecular complexity index is 513. The third-order valence-electron chi connectivity index (χ3n) is 2.95. The first kappa shape index (κ1) is 11.0. The Hall–Kier alpha value is -1.45. The number of hydrogen-bond acceptors (Lipinski definition) is 3. The minimum Gasteiger partial charge on any atom is -0.266 e. The second-order valence-corrected chi connectivity index (χ2v) is 4.14. The van der Waals surface area contributed by atoms with Gasteiger partial charge in [0.1, 0.15) is 5.52 Å². The Morgan fingerprint density at radius 1 is 1.19 bits per heavy atom. The van der Waals surface area contributed by atoms with Crippen molar-refractivity contribution in [2.45, 2.75) is 40.0 Å². The lowest BCUT2D eigenvalue weighted by atomic mass is 10.1. The largest absolute Gasteiger partial charge is 0.266 e. The Balaban J connectivity index is 2.76. The summed E-state index contributed by atoms with van der Waals surface area (Å²) in [6.07, 6.45) is 3.06.